The number of rotatable bonds is 4. The van der Waals surface area contributed by atoms with E-state index in [2.05, 4.69) is 21.2 Å². The highest BCUT2D eigenvalue weighted by atomic mass is 79.9. The summed E-state index contributed by atoms with van der Waals surface area (Å²) >= 11 is 3.15. The number of carbonyl (C=O) groups is 2. The number of hydrogen-bond donors (Lipinski definition) is 2. The molecule has 3 N–H and O–H groups in total. The van der Waals surface area contributed by atoms with Crippen LogP contribution in [0.2, 0.25) is 0 Å². The van der Waals surface area contributed by atoms with Crippen LogP contribution in [-0.2, 0) is 9.59 Å². The van der Waals surface area contributed by atoms with Crippen LogP contribution >= 0.6 is 15.9 Å². The average molecular weight is 344 g/mol. The number of nitrogens with one attached hydrogen (secondary N) is 1. The first kappa shape index (κ1) is 14.9. The molecule has 1 heterocycles. The predicted molar refractivity (Wildman–Crippen MR) is 75.2 cm³/mol. The number of likely N-dealkylation sites (tertiary alicyclic amines) is 1. The molecule has 0 aliphatic carbocycles. The summed E-state index contributed by atoms with van der Waals surface area (Å²) in [6, 6.07) is 2.82. The van der Waals surface area contributed by atoms with E-state index in [0.29, 0.717) is 17.4 Å². The fraction of sp³-hybridized carbons (Fsp3) is 0.385. The highest BCUT2D eigenvalue weighted by molar-refractivity contribution is 9.10. The molecule has 2 atom stereocenters. The molecule has 20 heavy (non-hydrogen) atoms. The summed E-state index contributed by atoms with van der Waals surface area (Å²) < 4.78 is 14.5. The Morgan fingerprint density at radius 2 is 2.30 bits per heavy atom. The third-order valence-electron chi connectivity index (χ3n) is 3.35. The molecule has 1 saturated heterocycles. The standard InChI is InChI=1S/C13H15BrFN3O2/c1-18-5-4-10(13(18)20)17-11(12(16)19)8-3-2-7(14)6-9(8)15/h2-3,6,10-11,17H,4-5H2,1H3,(H2,16,19)/t10-,11+/m0/s1. The third-order valence-corrected chi connectivity index (χ3v) is 3.85. The van der Waals surface area contributed by atoms with E-state index in [1.54, 1.807) is 18.0 Å². The molecule has 7 heteroatoms. The van der Waals surface area contributed by atoms with E-state index < -0.39 is 23.8 Å². The Bertz CT molecular complexity index is 552. The molecule has 0 aromatic heterocycles. The molecule has 5 nitrogen and oxygen atoms in total. The topological polar surface area (TPSA) is 75.4 Å². The van der Waals surface area contributed by atoms with E-state index in [0.717, 1.165) is 0 Å². The molecule has 0 radical (unpaired) electrons. The minimum absolute atomic E-state index is 0.117. The lowest BCUT2D eigenvalue weighted by molar-refractivity contribution is -0.128. The zero-order chi connectivity index (χ0) is 14.9. The molecule has 1 aromatic rings. The van der Waals surface area contributed by atoms with Gasteiger partial charge < -0.3 is 10.6 Å². The molecule has 1 aliphatic heterocycles. The van der Waals surface area contributed by atoms with Gasteiger partial charge in [-0.2, -0.15) is 0 Å². The van der Waals surface area contributed by atoms with Gasteiger partial charge in [0.2, 0.25) is 11.8 Å². The Labute approximate surface area is 124 Å². The van der Waals surface area contributed by atoms with Crippen molar-refractivity contribution in [2.24, 2.45) is 5.73 Å². The quantitative estimate of drug-likeness (QED) is 0.854. The number of halogens is 2. The van der Waals surface area contributed by atoms with Crippen LogP contribution < -0.4 is 11.1 Å². The molecule has 0 unspecified atom stereocenters. The van der Waals surface area contributed by atoms with Gasteiger partial charge in [0, 0.05) is 23.6 Å². The summed E-state index contributed by atoms with van der Waals surface area (Å²) in [5.74, 6) is -1.38. The van der Waals surface area contributed by atoms with Gasteiger partial charge in [-0.15, -0.1) is 0 Å². The largest absolute Gasteiger partial charge is 0.368 e. The molecule has 0 saturated carbocycles. The van der Waals surface area contributed by atoms with Crippen molar-refractivity contribution in [1.82, 2.24) is 10.2 Å². The molecule has 0 spiro atoms. The summed E-state index contributed by atoms with van der Waals surface area (Å²) in [4.78, 5) is 25.0. The first-order chi connectivity index (χ1) is 9.40. The van der Waals surface area contributed by atoms with Crippen LogP contribution in [0.4, 0.5) is 4.39 Å². The lowest BCUT2D eigenvalue weighted by Gasteiger charge is -2.20. The number of primary amides is 1. The van der Waals surface area contributed by atoms with E-state index >= 15 is 0 Å². The van der Waals surface area contributed by atoms with Crippen molar-refractivity contribution >= 4 is 27.7 Å². The second-order valence-corrected chi connectivity index (χ2v) is 5.68. The van der Waals surface area contributed by atoms with Crippen molar-refractivity contribution in [3.63, 3.8) is 0 Å². The van der Waals surface area contributed by atoms with E-state index in [1.807, 2.05) is 0 Å². The van der Waals surface area contributed by atoms with Crippen molar-refractivity contribution in [3.8, 4) is 0 Å². The van der Waals surface area contributed by atoms with Gasteiger partial charge in [0.05, 0.1) is 6.04 Å². The monoisotopic (exact) mass is 343 g/mol. The van der Waals surface area contributed by atoms with Gasteiger partial charge in [-0.25, -0.2) is 4.39 Å². The van der Waals surface area contributed by atoms with Gasteiger partial charge in [-0.3, -0.25) is 14.9 Å². The normalized spacial score (nSPS) is 20.2. The molecular weight excluding hydrogens is 329 g/mol. The smallest absolute Gasteiger partial charge is 0.239 e. The molecule has 108 valence electrons. The van der Waals surface area contributed by atoms with Crippen LogP contribution in [0.1, 0.15) is 18.0 Å². The fourth-order valence-corrected chi connectivity index (χ4v) is 2.57. The summed E-state index contributed by atoms with van der Waals surface area (Å²) in [5, 5.41) is 2.85. The number of amides is 2. The van der Waals surface area contributed by atoms with Crippen molar-refractivity contribution in [2.45, 2.75) is 18.5 Å². The lowest BCUT2D eigenvalue weighted by Crippen LogP contribution is -2.44. The van der Waals surface area contributed by atoms with E-state index in [1.165, 1.54) is 12.1 Å². The van der Waals surface area contributed by atoms with Crippen LogP contribution in [0.15, 0.2) is 22.7 Å². The maximum absolute atomic E-state index is 13.9. The van der Waals surface area contributed by atoms with Crippen LogP contribution in [0, 0.1) is 5.82 Å². The maximum Gasteiger partial charge on any atom is 0.239 e. The highest BCUT2D eigenvalue weighted by Gasteiger charge is 2.33. The van der Waals surface area contributed by atoms with Crippen molar-refractivity contribution in [1.29, 1.82) is 0 Å². The van der Waals surface area contributed by atoms with Gasteiger partial charge in [-0.1, -0.05) is 22.0 Å². The van der Waals surface area contributed by atoms with Crippen LogP contribution in [0.25, 0.3) is 0 Å². The van der Waals surface area contributed by atoms with Crippen LogP contribution in [0.3, 0.4) is 0 Å². The first-order valence-corrected chi connectivity index (χ1v) is 6.94. The Morgan fingerprint density at radius 1 is 1.60 bits per heavy atom. The van der Waals surface area contributed by atoms with Gasteiger partial charge in [-0.05, 0) is 18.6 Å². The molecule has 2 amide bonds. The van der Waals surface area contributed by atoms with E-state index in [-0.39, 0.29) is 11.5 Å². The number of nitrogens with two attached hydrogens (primary N) is 1. The van der Waals surface area contributed by atoms with Gasteiger partial charge in [0.1, 0.15) is 11.9 Å². The predicted octanol–water partition coefficient (Wildman–Crippen LogP) is 0.935. The van der Waals surface area contributed by atoms with E-state index in [4.69, 9.17) is 5.73 Å². The second-order valence-electron chi connectivity index (χ2n) is 4.77. The number of likely N-dealkylation sites (N-methyl/N-ethyl adjacent to an activating group) is 1. The summed E-state index contributed by atoms with van der Waals surface area (Å²) in [5.41, 5.74) is 5.47. The van der Waals surface area contributed by atoms with Crippen molar-refractivity contribution < 1.29 is 14.0 Å². The Balaban J connectivity index is 2.24. The summed E-state index contributed by atoms with van der Waals surface area (Å²) in [6.07, 6.45) is 0.567. The van der Waals surface area contributed by atoms with Crippen LogP contribution in [-0.4, -0.2) is 36.3 Å². The number of benzene rings is 1. The summed E-state index contributed by atoms with van der Waals surface area (Å²) in [6.45, 7) is 0.602. The lowest BCUT2D eigenvalue weighted by atomic mass is 10.0. The fourth-order valence-electron chi connectivity index (χ4n) is 2.24. The van der Waals surface area contributed by atoms with Crippen molar-refractivity contribution in [3.05, 3.63) is 34.1 Å². The van der Waals surface area contributed by atoms with Gasteiger partial charge in [0.15, 0.2) is 0 Å². The number of carbonyl (C=O) groups excluding carboxylic acids is 2. The molecular formula is C13H15BrFN3O2. The number of hydrogen-bond acceptors (Lipinski definition) is 3. The minimum atomic E-state index is -1.02. The molecule has 1 aromatic carbocycles. The minimum Gasteiger partial charge on any atom is -0.368 e. The van der Waals surface area contributed by atoms with Gasteiger partial charge >= 0.3 is 0 Å². The zero-order valence-electron chi connectivity index (χ0n) is 10.9. The Morgan fingerprint density at radius 3 is 2.80 bits per heavy atom. The van der Waals surface area contributed by atoms with Gasteiger partial charge in [0.25, 0.3) is 0 Å². The average Bonchev–Trinajstić information content (AvgIpc) is 2.68. The number of nitrogens with zero attached hydrogens (tertiary/aromatic N) is 1. The first-order valence-electron chi connectivity index (χ1n) is 6.15. The zero-order valence-corrected chi connectivity index (χ0v) is 12.5. The Hall–Kier alpha value is -1.47. The second kappa shape index (κ2) is 5.88. The third kappa shape index (κ3) is 2.99. The molecule has 1 fully saturated rings. The van der Waals surface area contributed by atoms with Crippen LogP contribution in [0.5, 0.6) is 0 Å². The summed E-state index contributed by atoms with van der Waals surface area (Å²) in [7, 11) is 1.68. The maximum atomic E-state index is 13.9. The SMILES string of the molecule is CN1CC[C@H](N[C@@H](C(N)=O)c2ccc(Br)cc2F)C1=O. The Kier molecular flexibility index (Phi) is 4.39. The molecule has 2 rings (SSSR count). The molecule has 0 bridgehead atoms. The molecule has 1 aliphatic rings. The van der Waals surface area contributed by atoms with E-state index in [9.17, 15) is 14.0 Å². The van der Waals surface area contributed by atoms with Crippen molar-refractivity contribution in [2.75, 3.05) is 13.6 Å². The highest BCUT2D eigenvalue weighted by Crippen LogP contribution is 2.23.